The van der Waals surface area contributed by atoms with Gasteiger partial charge >= 0.3 is 0 Å². The molecular weight excluding hydrogens is 358 g/mol. The summed E-state index contributed by atoms with van der Waals surface area (Å²) < 4.78 is 0. The van der Waals surface area contributed by atoms with E-state index in [9.17, 15) is 19.5 Å². The van der Waals surface area contributed by atoms with Crippen LogP contribution in [0.25, 0.3) is 5.57 Å². The van der Waals surface area contributed by atoms with Crippen molar-refractivity contribution in [1.29, 1.82) is 0 Å². The Morgan fingerprint density at radius 2 is 1.75 bits per heavy atom. The van der Waals surface area contributed by atoms with Gasteiger partial charge < -0.3 is 20.6 Å². The number of aliphatic hydroxyl groups excluding tert-OH is 1. The highest BCUT2D eigenvalue weighted by Crippen LogP contribution is 2.22. The van der Waals surface area contributed by atoms with Gasteiger partial charge in [0, 0.05) is 13.2 Å². The van der Waals surface area contributed by atoms with Crippen molar-refractivity contribution in [3.8, 4) is 0 Å². The van der Waals surface area contributed by atoms with Crippen LogP contribution in [0.4, 0.5) is 0 Å². The van der Waals surface area contributed by atoms with Crippen LogP contribution in [0.2, 0.25) is 0 Å². The average Bonchev–Trinajstić information content (AvgIpc) is 2.81. The summed E-state index contributed by atoms with van der Waals surface area (Å²) in [6.45, 7) is 4.92. The minimum absolute atomic E-state index is 0.272. The molecule has 7 heteroatoms. The zero-order valence-corrected chi connectivity index (χ0v) is 16.5. The fourth-order valence-electron chi connectivity index (χ4n) is 2.75. The second-order valence-electron chi connectivity index (χ2n) is 7.14. The van der Waals surface area contributed by atoms with Crippen molar-refractivity contribution in [2.45, 2.75) is 39.0 Å². The molecule has 1 aliphatic rings. The van der Waals surface area contributed by atoms with Gasteiger partial charge in [0.15, 0.2) is 0 Å². The molecule has 0 radical (unpaired) electrons. The van der Waals surface area contributed by atoms with Crippen LogP contribution >= 0.6 is 0 Å². The molecule has 0 bridgehead atoms. The Balaban J connectivity index is 2.19. The quantitative estimate of drug-likeness (QED) is 0.682. The molecule has 2 unspecified atom stereocenters. The lowest BCUT2D eigenvalue weighted by molar-refractivity contribution is -0.136. The number of amides is 3. The van der Waals surface area contributed by atoms with Gasteiger partial charge in [-0.15, -0.1) is 0 Å². The largest absolute Gasteiger partial charge is 0.383 e. The summed E-state index contributed by atoms with van der Waals surface area (Å²) in [7, 11) is 1.62. The summed E-state index contributed by atoms with van der Waals surface area (Å²) in [5.74, 6) is -1.70. The van der Waals surface area contributed by atoms with Crippen LogP contribution in [0, 0.1) is 5.92 Å². The number of nitrogens with one attached hydrogen (secondary N) is 2. The highest BCUT2D eigenvalue weighted by Gasteiger charge is 2.31. The molecule has 3 atom stereocenters. The van der Waals surface area contributed by atoms with Gasteiger partial charge in [0.25, 0.3) is 5.91 Å². The van der Waals surface area contributed by atoms with Gasteiger partial charge in [0.05, 0.1) is 0 Å². The normalized spacial score (nSPS) is 18.9. The van der Waals surface area contributed by atoms with E-state index in [1.54, 1.807) is 39.2 Å². The van der Waals surface area contributed by atoms with Crippen molar-refractivity contribution in [3.05, 3.63) is 54.2 Å². The molecule has 1 aromatic carbocycles. The molecule has 2 rings (SSSR count). The van der Waals surface area contributed by atoms with Gasteiger partial charge in [-0.1, -0.05) is 50.3 Å². The fraction of sp³-hybridized carbons (Fsp3) is 0.381. The third-order valence-corrected chi connectivity index (χ3v) is 4.54. The van der Waals surface area contributed by atoms with E-state index in [0.717, 1.165) is 5.56 Å². The lowest BCUT2D eigenvalue weighted by Crippen LogP contribution is -2.54. The number of allylic oxidation sites excluding steroid dienone is 2. The predicted octanol–water partition coefficient (Wildman–Crippen LogP) is 1.06. The van der Waals surface area contributed by atoms with E-state index in [4.69, 9.17) is 0 Å². The Morgan fingerprint density at radius 1 is 1.11 bits per heavy atom. The van der Waals surface area contributed by atoms with Crippen LogP contribution in [0.5, 0.6) is 0 Å². The number of benzene rings is 1. The summed E-state index contributed by atoms with van der Waals surface area (Å²) in [5, 5.41) is 15.0. The van der Waals surface area contributed by atoms with E-state index in [-0.39, 0.29) is 11.8 Å². The molecule has 1 aliphatic heterocycles. The molecule has 3 N–H and O–H groups in total. The molecule has 150 valence electrons. The maximum atomic E-state index is 12.8. The Hall–Kier alpha value is -2.93. The van der Waals surface area contributed by atoms with Crippen LogP contribution < -0.4 is 10.6 Å². The Kier molecular flexibility index (Phi) is 7.12. The molecule has 1 aromatic rings. The zero-order chi connectivity index (χ0) is 20.8. The Labute approximate surface area is 165 Å². The Morgan fingerprint density at radius 3 is 2.36 bits per heavy atom. The number of nitrogens with zero attached hydrogens (tertiary/aromatic N) is 1. The minimum Gasteiger partial charge on any atom is -0.383 e. The van der Waals surface area contributed by atoms with Crippen molar-refractivity contribution < 1.29 is 19.5 Å². The third kappa shape index (κ3) is 5.07. The molecule has 7 nitrogen and oxygen atoms in total. The summed E-state index contributed by atoms with van der Waals surface area (Å²) in [6.07, 6.45) is 3.95. The van der Waals surface area contributed by atoms with Gasteiger partial charge in [-0.25, -0.2) is 0 Å². The Bertz CT molecular complexity index is 786. The molecular formula is C21H27N3O4. The summed E-state index contributed by atoms with van der Waals surface area (Å²) in [6, 6.07) is 7.50. The predicted molar refractivity (Wildman–Crippen MR) is 107 cm³/mol. The van der Waals surface area contributed by atoms with E-state index >= 15 is 0 Å². The van der Waals surface area contributed by atoms with E-state index in [0.29, 0.717) is 5.57 Å². The summed E-state index contributed by atoms with van der Waals surface area (Å²) in [4.78, 5) is 38.9. The second-order valence-corrected chi connectivity index (χ2v) is 7.14. The number of likely N-dealkylation sites (N-methyl/N-ethyl adjacent to an activating group) is 1. The van der Waals surface area contributed by atoms with Crippen molar-refractivity contribution in [2.75, 3.05) is 7.05 Å². The third-order valence-electron chi connectivity index (χ3n) is 4.54. The molecule has 28 heavy (non-hydrogen) atoms. The first-order valence-corrected chi connectivity index (χ1v) is 9.21. The van der Waals surface area contributed by atoms with Crippen LogP contribution in [-0.2, 0) is 14.4 Å². The summed E-state index contributed by atoms with van der Waals surface area (Å²) in [5.41, 5.74) is 1.47. The van der Waals surface area contributed by atoms with Crippen molar-refractivity contribution in [2.24, 2.45) is 5.92 Å². The second kappa shape index (κ2) is 9.32. The number of rotatable bonds is 6. The standard InChI is InChI=1S/C21H27N3O4/c1-13(2)18(25)20(27)22-14(3)19(26)23-17-16(15-9-6-5-7-10-15)11-8-12-24(4)21(17)28/h5-14,17-18,25H,1-4H3,(H,22,27)(H,23,26)/t14-,17?,18?/m0/s1. The van der Waals surface area contributed by atoms with Crippen LogP contribution in [0.3, 0.4) is 0 Å². The number of hydrogen-bond acceptors (Lipinski definition) is 4. The summed E-state index contributed by atoms with van der Waals surface area (Å²) >= 11 is 0. The minimum atomic E-state index is -1.20. The van der Waals surface area contributed by atoms with E-state index in [1.807, 2.05) is 30.3 Å². The molecule has 1 heterocycles. The maximum absolute atomic E-state index is 12.8. The van der Waals surface area contributed by atoms with E-state index in [1.165, 1.54) is 11.8 Å². The topological polar surface area (TPSA) is 98.7 Å². The van der Waals surface area contributed by atoms with Crippen molar-refractivity contribution >= 4 is 23.3 Å². The average molecular weight is 385 g/mol. The van der Waals surface area contributed by atoms with Gasteiger partial charge in [0.1, 0.15) is 18.2 Å². The maximum Gasteiger partial charge on any atom is 0.253 e. The monoisotopic (exact) mass is 385 g/mol. The first-order chi connectivity index (χ1) is 13.2. The number of carbonyl (C=O) groups is 3. The van der Waals surface area contributed by atoms with Gasteiger partial charge in [-0.2, -0.15) is 0 Å². The molecule has 0 saturated heterocycles. The van der Waals surface area contributed by atoms with Gasteiger partial charge in [0.2, 0.25) is 11.8 Å². The number of hydrogen-bond donors (Lipinski definition) is 3. The first kappa shape index (κ1) is 21.4. The molecule has 0 aliphatic carbocycles. The molecule has 0 spiro atoms. The fourth-order valence-corrected chi connectivity index (χ4v) is 2.75. The zero-order valence-electron chi connectivity index (χ0n) is 16.5. The van der Waals surface area contributed by atoms with E-state index < -0.39 is 30.0 Å². The van der Waals surface area contributed by atoms with Crippen LogP contribution in [0.1, 0.15) is 26.3 Å². The van der Waals surface area contributed by atoms with E-state index in [2.05, 4.69) is 10.6 Å². The van der Waals surface area contributed by atoms with Gasteiger partial charge in [-0.3, -0.25) is 14.4 Å². The molecule has 0 fully saturated rings. The van der Waals surface area contributed by atoms with Crippen molar-refractivity contribution in [3.63, 3.8) is 0 Å². The van der Waals surface area contributed by atoms with Crippen molar-refractivity contribution in [1.82, 2.24) is 15.5 Å². The molecule has 0 saturated carbocycles. The van der Waals surface area contributed by atoms with Crippen LogP contribution in [-0.4, -0.2) is 53.0 Å². The first-order valence-electron chi connectivity index (χ1n) is 9.21. The smallest absolute Gasteiger partial charge is 0.253 e. The van der Waals surface area contributed by atoms with Crippen LogP contribution in [0.15, 0.2) is 48.7 Å². The number of aliphatic hydroxyl groups is 1. The molecule has 0 aromatic heterocycles. The highest BCUT2D eigenvalue weighted by atomic mass is 16.3. The highest BCUT2D eigenvalue weighted by molar-refractivity contribution is 6.01. The number of carbonyl (C=O) groups excluding carboxylic acids is 3. The lowest BCUT2D eigenvalue weighted by atomic mass is 9.97. The SMILES string of the molecule is CC(C)C(O)C(=O)N[C@@H](C)C(=O)NC1C(=O)N(C)C=CC=C1c1ccccc1. The molecule has 3 amide bonds. The lowest BCUT2D eigenvalue weighted by Gasteiger charge is -2.25. The van der Waals surface area contributed by atoms with Gasteiger partial charge in [-0.05, 0) is 30.1 Å².